The van der Waals surface area contributed by atoms with Crippen molar-refractivity contribution >= 4 is 12.4 Å². The monoisotopic (exact) mass is 417 g/mol. The fourth-order valence-electron chi connectivity index (χ4n) is 4.48. The third kappa shape index (κ3) is 18.3. The molecule has 28 heavy (non-hydrogen) atoms. The molecular weight excluding hydrogens is 362 g/mol. The summed E-state index contributed by atoms with van der Waals surface area (Å²) < 4.78 is 0. The molecule has 0 unspecified atom stereocenters. The van der Waals surface area contributed by atoms with E-state index in [1.807, 2.05) is 0 Å². The number of unbranched alkanes of at least 4 members (excludes halogenated alkanes) is 15. The Morgan fingerprint density at radius 2 is 0.679 bits per heavy atom. The van der Waals surface area contributed by atoms with Gasteiger partial charge in [0.25, 0.3) is 0 Å². The molecule has 0 fully saturated rings. The van der Waals surface area contributed by atoms with Crippen LogP contribution in [0.2, 0.25) is 0 Å². The van der Waals surface area contributed by atoms with E-state index < -0.39 is 0 Å². The number of hydrogen-bond donors (Lipinski definition) is 1. The Morgan fingerprint density at radius 1 is 0.429 bits per heavy atom. The Kier molecular flexibility index (Phi) is 25.6. The smallest absolute Gasteiger partial charge is 0.0178 e. The first-order valence-electron chi connectivity index (χ1n) is 12.9. The summed E-state index contributed by atoms with van der Waals surface area (Å²) in [5.41, 5.74) is 0.431. The number of rotatable bonds is 22. The van der Waals surface area contributed by atoms with E-state index in [2.05, 4.69) is 33.1 Å². The third-order valence-electron chi connectivity index (χ3n) is 6.56. The second-order valence-corrected chi connectivity index (χ2v) is 9.08. The van der Waals surface area contributed by atoms with Gasteiger partial charge in [-0.25, -0.2) is 0 Å². The Labute approximate surface area is 186 Å². The summed E-state index contributed by atoms with van der Waals surface area (Å²) in [4.78, 5) is 0. The summed E-state index contributed by atoms with van der Waals surface area (Å²) in [5.74, 6) is 0. The standard InChI is InChI=1S/C26H55N.ClH/c1-5-8-11-14-17-20-23-26(27-4,24-21-18-15-12-9-6-2)25-22-19-16-13-10-7-3;/h27H,5-25H2,1-4H3;1H. The van der Waals surface area contributed by atoms with Crippen LogP contribution in [-0.4, -0.2) is 12.6 Å². The van der Waals surface area contributed by atoms with Gasteiger partial charge in [-0.1, -0.05) is 136 Å². The van der Waals surface area contributed by atoms with Gasteiger partial charge in [0.15, 0.2) is 0 Å². The van der Waals surface area contributed by atoms with Crippen LogP contribution in [0.1, 0.15) is 156 Å². The van der Waals surface area contributed by atoms with Gasteiger partial charge in [-0.3, -0.25) is 0 Å². The molecule has 0 bridgehead atoms. The molecule has 0 rings (SSSR count). The van der Waals surface area contributed by atoms with Crippen LogP contribution < -0.4 is 5.32 Å². The van der Waals surface area contributed by atoms with Crippen molar-refractivity contribution in [1.29, 1.82) is 0 Å². The summed E-state index contributed by atoms with van der Waals surface area (Å²) in [7, 11) is 2.24. The zero-order chi connectivity index (χ0) is 20.1. The van der Waals surface area contributed by atoms with E-state index in [0.717, 1.165) is 0 Å². The second kappa shape index (κ2) is 23.5. The predicted molar refractivity (Wildman–Crippen MR) is 133 cm³/mol. The van der Waals surface area contributed by atoms with Crippen LogP contribution in [0.25, 0.3) is 0 Å². The Bertz CT molecular complexity index is 239. The lowest BCUT2D eigenvalue weighted by atomic mass is 9.81. The summed E-state index contributed by atoms with van der Waals surface area (Å²) in [5, 5.41) is 3.82. The Morgan fingerprint density at radius 3 is 0.929 bits per heavy atom. The maximum Gasteiger partial charge on any atom is 0.0178 e. The molecule has 0 radical (unpaired) electrons. The molecule has 0 aromatic rings. The molecule has 0 aliphatic rings. The van der Waals surface area contributed by atoms with E-state index in [4.69, 9.17) is 0 Å². The van der Waals surface area contributed by atoms with Gasteiger partial charge in [-0.15, -0.1) is 12.4 Å². The summed E-state index contributed by atoms with van der Waals surface area (Å²) in [6.07, 6.45) is 29.8. The third-order valence-corrected chi connectivity index (χ3v) is 6.56. The van der Waals surface area contributed by atoms with E-state index in [1.165, 1.54) is 135 Å². The lowest BCUT2D eigenvalue weighted by Gasteiger charge is -2.34. The minimum Gasteiger partial charge on any atom is -0.314 e. The number of hydrogen-bond acceptors (Lipinski definition) is 1. The van der Waals surface area contributed by atoms with E-state index in [-0.39, 0.29) is 12.4 Å². The van der Waals surface area contributed by atoms with E-state index in [0.29, 0.717) is 5.54 Å². The average Bonchev–Trinajstić information content (AvgIpc) is 2.69. The van der Waals surface area contributed by atoms with E-state index >= 15 is 0 Å². The minimum atomic E-state index is 0. The molecular formula is C26H56ClN. The minimum absolute atomic E-state index is 0. The highest BCUT2D eigenvalue weighted by molar-refractivity contribution is 5.85. The van der Waals surface area contributed by atoms with Crippen LogP contribution in [0.15, 0.2) is 0 Å². The van der Waals surface area contributed by atoms with Gasteiger partial charge in [0.05, 0.1) is 0 Å². The van der Waals surface area contributed by atoms with Crippen LogP contribution in [0.4, 0.5) is 0 Å². The van der Waals surface area contributed by atoms with Crippen molar-refractivity contribution in [2.75, 3.05) is 7.05 Å². The lowest BCUT2D eigenvalue weighted by molar-refractivity contribution is 0.252. The molecule has 0 aromatic heterocycles. The van der Waals surface area contributed by atoms with Crippen LogP contribution in [0.3, 0.4) is 0 Å². The topological polar surface area (TPSA) is 12.0 Å². The molecule has 1 nitrogen and oxygen atoms in total. The normalized spacial score (nSPS) is 11.6. The highest BCUT2D eigenvalue weighted by Gasteiger charge is 2.26. The van der Waals surface area contributed by atoms with Gasteiger partial charge in [0.1, 0.15) is 0 Å². The maximum absolute atomic E-state index is 3.82. The molecule has 0 atom stereocenters. The average molecular weight is 418 g/mol. The van der Waals surface area contributed by atoms with Crippen LogP contribution in [0.5, 0.6) is 0 Å². The van der Waals surface area contributed by atoms with Crippen molar-refractivity contribution in [3.8, 4) is 0 Å². The highest BCUT2D eigenvalue weighted by atomic mass is 35.5. The zero-order valence-corrected chi connectivity index (χ0v) is 21.1. The van der Waals surface area contributed by atoms with Gasteiger partial charge in [-0.2, -0.15) is 0 Å². The molecule has 2 heteroatoms. The van der Waals surface area contributed by atoms with Crippen molar-refractivity contribution in [2.45, 2.75) is 161 Å². The van der Waals surface area contributed by atoms with Gasteiger partial charge in [0.2, 0.25) is 0 Å². The highest BCUT2D eigenvalue weighted by Crippen LogP contribution is 2.29. The molecule has 0 aromatic carbocycles. The molecule has 0 amide bonds. The van der Waals surface area contributed by atoms with Crippen LogP contribution >= 0.6 is 12.4 Å². The molecule has 1 N–H and O–H groups in total. The van der Waals surface area contributed by atoms with Crippen molar-refractivity contribution in [3.05, 3.63) is 0 Å². The Hall–Kier alpha value is 0.250. The first-order valence-corrected chi connectivity index (χ1v) is 12.9. The fraction of sp³-hybridized carbons (Fsp3) is 1.00. The largest absolute Gasteiger partial charge is 0.314 e. The summed E-state index contributed by atoms with van der Waals surface area (Å²) in [6.45, 7) is 6.94. The van der Waals surface area contributed by atoms with Crippen molar-refractivity contribution in [1.82, 2.24) is 5.32 Å². The molecule has 0 spiro atoms. The SMILES string of the molecule is CCCCCCCCC(CCCCCCCC)(CCCCCCCC)NC.Cl. The van der Waals surface area contributed by atoms with E-state index in [1.54, 1.807) is 0 Å². The first kappa shape index (κ1) is 30.4. The van der Waals surface area contributed by atoms with Gasteiger partial charge >= 0.3 is 0 Å². The fourth-order valence-corrected chi connectivity index (χ4v) is 4.48. The van der Waals surface area contributed by atoms with Gasteiger partial charge in [0, 0.05) is 5.54 Å². The quantitative estimate of drug-likeness (QED) is 0.173. The number of halogens is 1. The predicted octanol–water partition coefficient (Wildman–Crippen LogP) is 9.62. The van der Waals surface area contributed by atoms with Crippen LogP contribution in [0, 0.1) is 0 Å². The molecule has 172 valence electrons. The molecule has 0 aliphatic carbocycles. The summed E-state index contributed by atoms with van der Waals surface area (Å²) >= 11 is 0. The van der Waals surface area contributed by atoms with Crippen molar-refractivity contribution in [3.63, 3.8) is 0 Å². The molecule has 0 aliphatic heterocycles. The number of nitrogens with one attached hydrogen (secondary N) is 1. The lowest BCUT2D eigenvalue weighted by Crippen LogP contribution is -2.43. The molecule has 0 saturated heterocycles. The zero-order valence-electron chi connectivity index (χ0n) is 20.3. The second-order valence-electron chi connectivity index (χ2n) is 9.08. The maximum atomic E-state index is 3.82. The first-order chi connectivity index (χ1) is 13.2. The van der Waals surface area contributed by atoms with Crippen molar-refractivity contribution in [2.24, 2.45) is 0 Å². The molecule has 0 saturated carbocycles. The van der Waals surface area contributed by atoms with Crippen molar-refractivity contribution < 1.29 is 0 Å². The van der Waals surface area contributed by atoms with E-state index in [9.17, 15) is 0 Å². The van der Waals surface area contributed by atoms with Crippen LogP contribution in [-0.2, 0) is 0 Å². The Balaban J connectivity index is 0. The van der Waals surface area contributed by atoms with Gasteiger partial charge < -0.3 is 5.32 Å². The molecule has 0 heterocycles. The summed E-state index contributed by atoms with van der Waals surface area (Å²) in [6, 6.07) is 0. The van der Waals surface area contributed by atoms with Gasteiger partial charge in [-0.05, 0) is 26.3 Å².